The van der Waals surface area contributed by atoms with Crippen molar-refractivity contribution in [3.8, 4) is 0 Å². The molecule has 0 atom stereocenters. The van der Waals surface area contributed by atoms with Gasteiger partial charge in [0.25, 0.3) is 0 Å². The van der Waals surface area contributed by atoms with Crippen molar-refractivity contribution in [3.05, 3.63) is 34.1 Å². The number of esters is 1. The molecule has 14 heavy (non-hydrogen) atoms. The van der Waals surface area contributed by atoms with Crippen LogP contribution in [0.5, 0.6) is 0 Å². The summed E-state index contributed by atoms with van der Waals surface area (Å²) in [4.78, 5) is 10.9. The van der Waals surface area contributed by atoms with Crippen LogP contribution in [-0.2, 0) is 16.0 Å². The first-order chi connectivity index (χ1) is 6.54. The number of ether oxygens (including phenoxy) is 1. The number of carbonyl (C=O) groups excluding carboxylic acids is 1. The lowest BCUT2D eigenvalue weighted by molar-refractivity contribution is -0.139. The molecule has 0 amide bonds. The molecule has 0 fully saturated rings. The molecule has 0 aromatic heterocycles. The Hall–Kier alpha value is -1.09. The Kier molecular flexibility index (Phi) is 3.47. The van der Waals surface area contributed by atoms with Crippen molar-refractivity contribution < 1.29 is 13.9 Å². The summed E-state index contributed by atoms with van der Waals surface area (Å²) in [6, 6.07) is 2.91. The first kappa shape index (κ1) is 11.0. The summed E-state index contributed by atoms with van der Waals surface area (Å²) in [7, 11) is 1.29. The molecule has 0 unspecified atom stereocenters. The van der Waals surface area contributed by atoms with Gasteiger partial charge in [-0.3, -0.25) is 4.79 Å². The minimum Gasteiger partial charge on any atom is -0.469 e. The van der Waals surface area contributed by atoms with E-state index in [2.05, 4.69) is 4.74 Å². The van der Waals surface area contributed by atoms with Gasteiger partial charge in [0.05, 0.1) is 18.6 Å². The molecule has 1 rings (SSSR count). The van der Waals surface area contributed by atoms with Crippen molar-refractivity contribution in [1.82, 2.24) is 0 Å². The summed E-state index contributed by atoms with van der Waals surface area (Å²) in [5, 5.41) is 0.0959. The predicted octanol–water partition coefficient (Wildman–Crippen LogP) is 2.50. The summed E-state index contributed by atoms with van der Waals surface area (Å²) < 4.78 is 17.6. The Morgan fingerprint density at radius 1 is 1.57 bits per heavy atom. The van der Waals surface area contributed by atoms with E-state index in [0.717, 1.165) is 0 Å². The predicted molar refractivity (Wildman–Crippen MR) is 51.9 cm³/mol. The van der Waals surface area contributed by atoms with Crippen LogP contribution in [0.1, 0.15) is 11.1 Å². The maximum absolute atomic E-state index is 13.1. The molecule has 0 spiro atoms. The zero-order chi connectivity index (χ0) is 10.7. The maximum Gasteiger partial charge on any atom is 0.309 e. The number of hydrogen-bond acceptors (Lipinski definition) is 2. The van der Waals surface area contributed by atoms with Crippen molar-refractivity contribution in [2.75, 3.05) is 7.11 Å². The van der Waals surface area contributed by atoms with Crippen LogP contribution in [0, 0.1) is 12.7 Å². The lowest BCUT2D eigenvalue weighted by Gasteiger charge is -2.04. The van der Waals surface area contributed by atoms with Gasteiger partial charge in [-0.2, -0.15) is 0 Å². The molecule has 0 saturated heterocycles. The maximum atomic E-state index is 13.1. The molecular formula is C10H10ClFO2. The number of halogens is 2. The van der Waals surface area contributed by atoms with Gasteiger partial charge >= 0.3 is 5.97 Å². The van der Waals surface area contributed by atoms with Crippen LogP contribution in [0.2, 0.25) is 5.02 Å². The molecule has 0 aliphatic heterocycles. The van der Waals surface area contributed by atoms with Gasteiger partial charge in [0.15, 0.2) is 0 Å². The fourth-order valence-electron chi connectivity index (χ4n) is 1.14. The van der Waals surface area contributed by atoms with E-state index in [0.29, 0.717) is 11.1 Å². The average molecular weight is 217 g/mol. The number of hydrogen-bond donors (Lipinski definition) is 0. The van der Waals surface area contributed by atoms with Crippen LogP contribution in [0.15, 0.2) is 12.1 Å². The molecule has 0 saturated carbocycles. The SMILES string of the molecule is COC(=O)Cc1cc(C)c(Cl)c(F)c1. The van der Waals surface area contributed by atoms with Gasteiger partial charge in [-0.05, 0) is 24.1 Å². The Morgan fingerprint density at radius 3 is 2.71 bits per heavy atom. The van der Waals surface area contributed by atoms with Gasteiger partial charge in [-0.1, -0.05) is 17.7 Å². The molecule has 0 aliphatic carbocycles. The first-order valence-corrected chi connectivity index (χ1v) is 4.43. The lowest BCUT2D eigenvalue weighted by atomic mass is 10.1. The first-order valence-electron chi connectivity index (χ1n) is 4.06. The molecule has 2 nitrogen and oxygen atoms in total. The third-order valence-corrected chi connectivity index (χ3v) is 2.32. The highest BCUT2D eigenvalue weighted by molar-refractivity contribution is 6.31. The van der Waals surface area contributed by atoms with Crippen LogP contribution in [0.4, 0.5) is 4.39 Å². The molecule has 1 aromatic rings. The van der Waals surface area contributed by atoms with Crippen LogP contribution in [0.25, 0.3) is 0 Å². The van der Waals surface area contributed by atoms with E-state index in [9.17, 15) is 9.18 Å². The van der Waals surface area contributed by atoms with E-state index in [4.69, 9.17) is 11.6 Å². The molecule has 0 radical (unpaired) electrons. The minimum absolute atomic E-state index is 0.0609. The van der Waals surface area contributed by atoms with Crippen LogP contribution in [0.3, 0.4) is 0 Å². The second-order valence-electron chi connectivity index (χ2n) is 2.96. The van der Waals surface area contributed by atoms with Crippen molar-refractivity contribution in [1.29, 1.82) is 0 Å². The van der Waals surface area contributed by atoms with Gasteiger partial charge in [-0.15, -0.1) is 0 Å². The van der Waals surface area contributed by atoms with Gasteiger partial charge in [0, 0.05) is 0 Å². The molecular weight excluding hydrogens is 207 g/mol. The highest BCUT2D eigenvalue weighted by Gasteiger charge is 2.08. The molecule has 0 heterocycles. The molecule has 0 N–H and O–H groups in total. The summed E-state index contributed by atoms with van der Waals surface area (Å²) in [6.45, 7) is 1.69. The van der Waals surface area contributed by atoms with Gasteiger partial charge < -0.3 is 4.74 Å². The number of carbonyl (C=O) groups is 1. The van der Waals surface area contributed by atoms with E-state index in [1.165, 1.54) is 13.2 Å². The largest absolute Gasteiger partial charge is 0.469 e. The van der Waals surface area contributed by atoms with Crippen molar-refractivity contribution >= 4 is 17.6 Å². The Balaban J connectivity index is 2.95. The van der Waals surface area contributed by atoms with Gasteiger partial charge in [-0.25, -0.2) is 4.39 Å². The fourth-order valence-corrected chi connectivity index (χ4v) is 1.25. The Bertz CT molecular complexity index is 340. The summed E-state index contributed by atoms with van der Waals surface area (Å²) in [5.74, 6) is -0.906. The zero-order valence-electron chi connectivity index (χ0n) is 7.93. The van der Waals surface area contributed by atoms with E-state index in [-0.39, 0.29) is 11.4 Å². The normalized spacial score (nSPS) is 10.0. The van der Waals surface area contributed by atoms with Crippen LogP contribution < -0.4 is 0 Å². The molecule has 4 heteroatoms. The third-order valence-electron chi connectivity index (χ3n) is 1.85. The number of methoxy groups -OCH3 is 1. The third kappa shape index (κ3) is 2.45. The summed E-state index contributed by atoms with van der Waals surface area (Å²) >= 11 is 5.63. The van der Waals surface area contributed by atoms with Crippen molar-refractivity contribution in [2.24, 2.45) is 0 Å². The minimum atomic E-state index is -0.509. The Labute approximate surface area is 86.6 Å². The molecule has 0 bridgehead atoms. The van der Waals surface area contributed by atoms with E-state index < -0.39 is 11.8 Å². The number of benzene rings is 1. The summed E-state index contributed by atoms with van der Waals surface area (Å²) in [6.07, 6.45) is 0.0609. The highest BCUT2D eigenvalue weighted by Crippen LogP contribution is 2.21. The van der Waals surface area contributed by atoms with Crippen molar-refractivity contribution in [2.45, 2.75) is 13.3 Å². The standard InChI is InChI=1S/C10H10ClFO2/c1-6-3-7(5-9(13)14-2)4-8(12)10(6)11/h3-4H,5H2,1-2H3. The van der Waals surface area contributed by atoms with Gasteiger partial charge in [0.1, 0.15) is 5.82 Å². The van der Waals surface area contributed by atoms with E-state index in [1.54, 1.807) is 13.0 Å². The van der Waals surface area contributed by atoms with Crippen LogP contribution >= 0.6 is 11.6 Å². The smallest absolute Gasteiger partial charge is 0.309 e. The van der Waals surface area contributed by atoms with E-state index >= 15 is 0 Å². The molecule has 1 aromatic carbocycles. The Morgan fingerprint density at radius 2 is 2.21 bits per heavy atom. The highest BCUT2D eigenvalue weighted by atomic mass is 35.5. The number of aryl methyl sites for hydroxylation is 1. The summed E-state index contributed by atoms with van der Waals surface area (Å²) in [5.41, 5.74) is 1.18. The second-order valence-corrected chi connectivity index (χ2v) is 3.34. The number of rotatable bonds is 2. The average Bonchev–Trinajstić information content (AvgIpc) is 2.14. The quantitative estimate of drug-likeness (QED) is 0.710. The zero-order valence-corrected chi connectivity index (χ0v) is 8.69. The molecule has 76 valence electrons. The topological polar surface area (TPSA) is 26.3 Å². The fraction of sp³-hybridized carbons (Fsp3) is 0.300. The monoisotopic (exact) mass is 216 g/mol. The van der Waals surface area contributed by atoms with Gasteiger partial charge in [0.2, 0.25) is 0 Å². The van der Waals surface area contributed by atoms with Crippen LogP contribution in [-0.4, -0.2) is 13.1 Å². The second kappa shape index (κ2) is 4.42. The molecule has 0 aliphatic rings. The van der Waals surface area contributed by atoms with Crippen molar-refractivity contribution in [3.63, 3.8) is 0 Å². The lowest BCUT2D eigenvalue weighted by Crippen LogP contribution is -2.05. The van der Waals surface area contributed by atoms with E-state index in [1.807, 2.05) is 0 Å².